The van der Waals surface area contributed by atoms with E-state index in [0.29, 0.717) is 10.8 Å². The number of hydrogen-bond donors (Lipinski definition) is 1. The molecule has 8 heteroatoms. The molecule has 0 aliphatic carbocycles. The highest BCUT2D eigenvalue weighted by Crippen LogP contribution is 2.34. The van der Waals surface area contributed by atoms with Crippen LogP contribution in [0.15, 0.2) is 70.7 Å². The standard InChI is InChI=1S/C21H12ClF3N2O2/c22-15-7-5-13(6-8-15)19-10-9-16(29-19)11-14(12-26)20(28)27-18-4-2-1-3-17(18)21(23,24)25/h1-11H,(H,27,28)/b14-11+. The number of para-hydroxylation sites is 1. The minimum absolute atomic E-state index is 0.200. The van der Waals surface area contributed by atoms with E-state index in [0.717, 1.165) is 23.8 Å². The Hall–Kier alpha value is -3.50. The van der Waals surface area contributed by atoms with E-state index in [9.17, 15) is 23.2 Å². The molecular weight excluding hydrogens is 405 g/mol. The smallest absolute Gasteiger partial charge is 0.418 e. The Bertz CT molecular complexity index is 1110. The number of halogens is 4. The molecule has 0 saturated heterocycles. The molecule has 0 aliphatic rings. The van der Waals surface area contributed by atoms with Gasteiger partial charge in [-0.25, -0.2) is 0 Å². The van der Waals surface area contributed by atoms with E-state index in [1.807, 2.05) is 0 Å². The van der Waals surface area contributed by atoms with Crippen molar-refractivity contribution in [3.8, 4) is 17.4 Å². The Morgan fingerprint density at radius 3 is 2.41 bits per heavy atom. The van der Waals surface area contributed by atoms with Gasteiger partial charge in [0, 0.05) is 16.7 Å². The first-order chi connectivity index (χ1) is 13.8. The van der Waals surface area contributed by atoms with E-state index in [4.69, 9.17) is 16.0 Å². The number of alkyl halides is 3. The van der Waals surface area contributed by atoms with Gasteiger partial charge in [-0.1, -0.05) is 23.7 Å². The van der Waals surface area contributed by atoms with Crippen LogP contribution in [0.4, 0.5) is 18.9 Å². The summed E-state index contributed by atoms with van der Waals surface area (Å²) in [5, 5.41) is 11.9. The molecule has 0 atom stereocenters. The first-order valence-corrected chi connectivity index (χ1v) is 8.61. The van der Waals surface area contributed by atoms with Gasteiger partial charge >= 0.3 is 6.18 Å². The number of amides is 1. The summed E-state index contributed by atoms with van der Waals surface area (Å²) in [5.41, 5.74) is -1.11. The molecule has 1 N–H and O–H groups in total. The van der Waals surface area contributed by atoms with E-state index >= 15 is 0 Å². The summed E-state index contributed by atoms with van der Waals surface area (Å²) >= 11 is 5.84. The van der Waals surface area contributed by atoms with Crippen molar-refractivity contribution in [2.24, 2.45) is 0 Å². The predicted molar refractivity (Wildman–Crippen MR) is 103 cm³/mol. The van der Waals surface area contributed by atoms with Gasteiger partial charge in [0.15, 0.2) is 0 Å². The minimum Gasteiger partial charge on any atom is -0.457 e. The number of benzene rings is 2. The molecule has 4 nitrogen and oxygen atoms in total. The normalized spacial score (nSPS) is 11.8. The molecule has 29 heavy (non-hydrogen) atoms. The third-order valence-corrected chi connectivity index (χ3v) is 4.14. The average Bonchev–Trinajstić information content (AvgIpc) is 3.15. The number of nitriles is 1. The highest BCUT2D eigenvalue weighted by Gasteiger charge is 2.33. The zero-order valence-corrected chi connectivity index (χ0v) is 15.4. The fourth-order valence-corrected chi connectivity index (χ4v) is 2.65. The number of carbonyl (C=O) groups excluding carboxylic acids is 1. The van der Waals surface area contributed by atoms with Gasteiger partial charge in [-0.2, -0.15) is 18.4 Å². The number of hydrogen-bond acceptors (Lipinski definition) is 3. The van der Waals surface area contributed by atoms with Gasteiger partial charge in [0.1, 0.15) is 23.2 Å². The Morgan fingerprint density at radius 2 is 1.76 bits per heavy atom. The maximum absolute atomic E-state index is 13.1. The minimum atomic E-state index is -4.64. The Balaban J connectivity index is 1.83. The van der Waals surface area contributed by atoms with Crippen molar-refractivity contribution < 1.29 is 22.4 Å². The predicted octanol–water partition coefficient (Wildman–Crippen LogP) is 6.16. The molecule has 3 rings (SSSR count). The Morgan fingerprint density at radius 1 is 1.07 bits per heavy atom. The van der Waals surface area contributed by atoms with Crippen LogP contribution in [0.2, 0.25) is 5.02 Å². The molecule has 2 aromatic carbocycles. The van der Waals surface area contributed by atoms with Crippen LogP contribution in [-0.2, 0) is 11.0 Å². The molecule has 3 aromatic rings. The molecule has 146 valence electrons. The molecule has 1 heterocycles. The van der Waals surface area contributed by atoms with Crippen LogP contribution in [0, 0.1) is 11.3 Å². The molecule has 0 spiro atoms. The number of anilines is 1. The third kappa shape index (κ3) is 4.86. The molecule has 0 fully saturated rings. The molecular formula is C21H12ClF3N2O2. The van der Waals surface area contributed by atoms with Crippen LogP contribution in [-0.4, -0.2) is 5.91 Å². The van der Waals surface area contributed by atoms with Crippen molar-refractivity contribution in [1.29, 1.82) is 5.26 Å². The van der Waals surface area contributed by atoms with Crippen molar-refractivity contribution in [2.75, 3.05) is 5.32 Å². The Labute approximate surface area is 168 Å². The van der Waals surface area contributed by atoms with Crippen molar-refractivity contribution in [2.45, 2.75) is 6.18 Å². The monoisotopic (exact) mass is 416 g/mol. The molecule has 1 amide bonds. The maximum atomic E-state index is 13.1. The fraction of sp³-hybridized carbons (Fsp3) is 0.0476. The van der Waals surface area contributed by atoms with E-state index < -0.39 is 28.9 Å². The second-order valence-electron chi connectivity index (χ2n) is 5.88. The molecule has 0 aliphatic heterocycles. The quantitative estimate of drug-likeness (QED) is 0.409. The zero-order chi connectivity index (χ0) is 21.0. The third-order valence-electron chi connectivity index (χ3n) is 3.89. The lowest BCUT2D eigenvalue weighted by atomic mass is 10.1. The van der Waals surface area contributed by atoms with Crippen molar-refractivity contribution in [3.05, 3.63) is 82.6 Å². The van der Waals surface area contributed by atoms with Gasteiger partial charge < -0.3 is 9.73 Å². The summed E-state index contributed by atoms with van der Waals surface area (Å²) in [5.74, 6) is -0.299. The van der Waals surface area contributed by atoms with Crippen LogP contribution in [0.25, 0.3) is 17.4 Å². The highest BCUT2D eigenvalue weighted by molar-refractivity contribution is 6.30. The second kappa shape index (κ2) is 8.25. The summed E-state index contributed by atoms with van der Waals surface area (Å²) in [7, 11) is 0. The lowest BCUT2D eigenvalue weighted by Gasteiger charge is -2.13. The van der Waals surface area contributed by atoms with E-state index in [-0.39, 0.29) is 5.76 Å². The van der Waals surface area contributed by atoms with Gasteiger partial charge in [0.05, 0.1) is 11.3 Å². The van der Waals surface area contributed by atoms with E-state index in [1.165, 1.54) is 18.2 Å². The average molecular weight is 417 g/mol. The fourth-order valence-electron chi connectivity index (χ4n) is 2.52. The molecule has 0 unspecified atom stereocenters. The SMILES string of the molecule is N#C/C(=C\c1ccc(-c2ccc(Cl)cc2)o1)C(=O)Nc1ccccc1C(F)(F)F. The maximum Gasteiger partial charge on any atom is 0.418 e. The highest BCUT2D eigenvalue weighted by atomic mass is 35.5. The summed E-state index contributed by atoms with van der Waals surface area (Å²) < 4.78 is 44.8. The number of nitrogens with one attached hydrogen (secondary N) is 1. The van der Waals surface area contributed by atoms with E-state index in [2.05, 4.69) is 5.32 Å². The second-order valence-corrected chi connectivity index (χ2v) is 6.31. The van der Waals surface area contributed by atoms with Gasteiger partial charge in [0.2, 0.25) is 0 Å². The number of furan rings is 1. The summed E-state index contributed by atoms with van der Waals surface area (Å²) in [4.78, 5) is 12.3. The summed E-state index contributed by atoms with van der Waals surface area (Å²) in [6.07, 6.45) is -3.49. The topological polar surface area (TPSA) is 66.0 Å². The van der Waals surface area contributed by atoms with Gasteiger partial charge in [-0.05, 0) is 48.5 Å². The van der Waals surface area contributed by atoms with Gasteiger partial charge in [-0.3, -0.25) is 4.79 Å². The van der Waals surface area contributed by atoms with Crippen molar-refractivity contribution in [1.82, 2.24) is 0 Å². The molecule has 0 bridgehead atoms. The van der Waals surface area contributed by atoms with Crippen LogP contribution < -0.4 is 5.32 Å². The first kappa shape index (κ1) is 20.2. The largest absolute Gasteiger partial charge is 0.457 e. The van der Waals surface area contributed by atoms with Gasteiger partial charge in [0.25, 0.3) is 5.91 Å². The lowest BCUT2D eigenvalue weighted by molar-refractivity contribution is -0.137. The first-order valence-electron chi connectivity index (χ1n) is 8.23. The van der Waals surface area contributed by atoms with Crippen LogP contribution >= 0.6 is 11.6 Å². The van der Waals surface area contributed by atoms with Gasteiger partial charge in [-0.15, -0.1) is 0 Å². The molecule has 0 radical (unpaired) electrons. The van der Waals surface area contributed by atoms with Crippen LogP contribution in [0.5, 0.6) is 0 Å². The van der Waals surface area contributed by atoms with Crippen molar-refractivity contribution in [3.63, 3.8) is 0 Å². The Kier molecular flexibility index (Phi) is 5.76. The van der Waals surface area contributed by atoms with Crippen molar-refractivity contribution >= 4 is 29.3 Å². The number of rotatable bonds is 4. The molecule has 1 aromatic heterocycles. The molecule has 0 saturated carbocycles. The summed E-state index contributed by atoms with van der Waals surface area (Å²) in [6.45, 7) is 0. The lowest BCUT2D eigenvalue weighted by Crippen LogP contribution is -2.17. The number of nitrogens with zero attached hydrogens (tertiary/aromatic N) is 1. The van der Waals surface area contributed by atoms with Crippen LogP contribution in [0.1, 0.15) is 11.3 Å². The van der Waals surface area contributed by atoms with Crippen LogP contribution in [0.3, 0.4) is 0 Å². The van der Waals surface area contributed by atoms with E-state index in [1.54, 1.807) is 36.4 Å². The zero-order valence-electron chi connectivity index (χ0n) is 14.6. The summed E-state index contributed by atoms with van der Waals surface area (Å²) in [6, 6.07) is 16.2. The number of carbonyl (C=O) groups is 1.